The van der Waals surface area contributed by atoms with Gasteiger partial charge in [-0.3, -0.25) is 0 Å². The van der Waals surface area contributed by atoms with Gasteiger partial charge in [0, 0.05) is 5.46 Å². The molecule has 0 aliphatic carbocycles. The first-order chi connectivity index (χ1) is 10.3. The van der Waals surface area contributed by atoms with Crippen LogP contribution >= 0.6 is 0 Å². The van der Waals surface area contributed by atoms with E-state index in [1.54, 1.807) is 12.1 Å². The second kappa shape index (κ2) is 5.53. The number of hydrogen-bond donors (Lipinski definition) is 1. The van der Waals surface area contributed by atoms with Gasteiger partial charge in [-0.05, 0) is 44.7 Å². The third-order valence-corrected chi connectivity index (χ3v) is 4.56. The van der Waals surface area contributed by atoms with E-state index in [1.165, 1.54) is 0 Å². The third-order valence-electron chi connectivity index (χ3n) is 4.56. The highest BCUT2D eigenvalue weighted by molar-refractivity contribution is 6.63. The molecule has 0 amide bonds. The quantitative estimate of drug-likeness (QED) is 0.514. The van der Waals surface area contributed by atoms with Gasteiger partial charge in [-0.1, -0.05) is 32.9 Å². The first-order valence-electron chi connectivity index (χ1n) is 7.75. The molecule has 1 aromatic carbocycles. The normalized spacial score (nSPS) is 19.7. The molecule has 1 saturated heterocycles. The van der Waals surface area contributed by atoms with E-state index in [9.17, 15) is 4.79 Å². The van der Waals surface area contributed by atoms with Gasteiger partial charge in [0.2, 0.25) is 0 Å². The first-order valence-corrected chi connectivity index (χ1v) is 7.75. The Hall–Kier alpha value is -1.53. The standard InChI is InChI=1S/C17H25BO5/c1-15(2,3)11-9-8-10-12(21-14(19)20)13(11)18-22-16(4,5)17(6,7)23-18/h8-10H,1-7H3,(H,19,20). The maximum atomic E-state index is 11.0. The molecule has 0 unspecified atom stereocenters. The van der Waals surface area contributed by atoms with Gasteiger partial charge in [0.25, 0.3) is 0 Å². The van der Waals surface area contributed by atoms with Crippen molar-refractivity contribution in [3.8, 4) is 5.75 Å². The van der Waals surface area contributed by atoms with Crippen LogP contribution in [0.2, 0.25) is 0 Å². The van der Waals surface area contributed by atoms with Gasteiger partial charge >= 0.3 is 13.3 Å². The minimum Gasteiger partial charge on any atom is -0.449 e. The Morgan fingerprint density at radius 3 is 2.09 bits per heavy atom. The van der Waals surface area contributed by atoms with Crippen molar-refractivity contribution in [2.24, 2.45) is 0 Å². The molecule has 1 aliphatic rings. The molecule has 5 nitrogen and oxygen atoms in total. The molecule has 0 saturated carbocycles. The summed E-state index contributed by atoms with van der Waals surface area (Å²) in [6, 6.07) is 5.37. The average Bonchev–Trinajstić information content (AvgIpc) is 2.56. The predicted molar refractivity (Wildman–Crippen MR) is 89.5 cm³/mol. The molecular formula is C17H25BO5. The Morgan fingerprint density at radius 2 is 1.65 bits per heavy atom. The molecule has 2 rings (SSSR count). The second-order valence-corrected chi connectivity index (χ2v) is 7.92. The first kappa shape index (κ1) is 17.8. The van der Waals surface area contributed by atoms with Gasteiger partial charge in [-0.15, -0.1) is 0 Å². The van der Waals surface area contributed by atoms with E-state index >= 15 is 0 Å². The Morgan fingerprint density at radius 1 is 1.13 bits per heavy atom. The summed E-state index contributed by atoms with van der Waals surface area (Å²) >= 11 is 0. The number of carboxylic acid groups (broad SMARTS) is 1. The number of rotatable bonds is 2. The predicted octanol–water partition coefficient (Wildman–Crippen LogP) is 3.34. The number of hydrogen-bond acceptors (Lipinski definition) is 4. The summed E-state index contributed by atoms with van der Waals surface area (Å²) in [6.45, 7) is 14.0. The van der Waals surface area contributed by atoms with Crippen LogP contribution in [0.3, 0.4) is 0 Å². The Kier molecular flexibility index (Phi) is 4.28. The van der Waals surface area contributed by atoms with E-state index in [0.29, 0.717) is 5.46 Å². The van der Waals surface area contributed by atoms with E-state index in [4.69, 9.17) is 19.2 Å². The smallest absolute Gasteiger partial charge is 0.449 e. The molecule has 1 heterocycles. The summed E-state index contributed by atoms with van der Waals surface area (Å²) in [5.74, 6) is 0.253. The summed E-state index contributed by atoms with van der Waals surface area (Å²) in [7, 11) is -0.676. The molecule has 6 heteroatoms. The molecular weight excluding hydrogens is 295 g/mol. The summed E-state index contributed by atoms with van der Waals surface area (Å²) in [6.07, 6.45) is -1.35. The molecule has 0 atom stereocenters. The van der Waals surface area contributed by atoms with Gasteiger partial charge in [-0.25, -0.2) is 4.79 Å². The van der Waals surface area contributed by atoms with E-state index in [0.717, 1.165) is 5.56 Å². The van der Waals surface area contributed by atoms with Gasteiger partial charge < -0.3 is 19.2 Å². The Balaban J connectivity index is 2.58. The maximum Gasteiger partial charge on any atom is 0.511 e. The van der Waals surface area contributed by atoms with Gasteiger partial charge in [0.1, 0.15) is 5.75 Å². The van der Waals surface area contributed by atoms with Crippen molar-refractivity contribution < 1.29 is 23.9 Å². The van der Waals surface area contributed by atoms with Crippen LogP contribution in [0, 0.1) is 0 Å². The highest BCUT2D eigenvalue weighted by Crippen LogP contribution is 2.38. The molecule has 1 fully saturated rings. The van der Waals surface area contributed by atoms with Gasteiger partial charge in [-0.2, -0.15) is 0 Å². The van der Waals surface area contributed by atoms with E-state index in [-0.39, 0.29) is 11.2 Å². The van der Waals surface area contributed by atoms with Crippen LogP contribution in [-0.4, -0.2) is 29.6 Å². The molecule has 1 aliphatic heterocycles. The topological polar surface area (TPSA) is 65.0 Å². The van der Waals surface area contributed by atoms with E-state index in [1.807, 2.05) is 33.8 Å². The zero-order valence-electron chi connectivity index (χ0n) is 14.9. The van der Waals surface area contributed by atoms with Crippen molar-refractivity contribution in [3.63, 3.8) is 0 Å². The fourth-order valence-corrected chi connectivity index (χ4v) is 2.59. The minimum atomic E-state index is -1.35. The molecule has 0 aromatic heterocycles. The largest absolute Gasteiger partial charge is 0.511 e. The SMILES string of the molecule is CC(C)(C)c1cccc(OC(=O)O)c1B1OC(C)(C)C(C)(C)O1. The highest BCUT2D eigenvalue weighted by Gasteiger charge is 2.53. The van der Waals surface area contributed by atoms with Crippen molar-refractivity contribution in [2.75, 3.05) is 0 Å². The summed E-state index contributed by atoms with van der Waals surface area (Å²) in [5.41, 5.74) is 0.346. The third kappa shape index (κ3) is 3.38. The zero-order valence-corrected chi connectivity index (χ0v) is 14.9. The zero-order chi connectivity index (χ0) is 17.6. The van der Waals surface area contributed by atoms with Crippen LogP contribution < -0.4 is 10.2 Å². The van der Waals surface area contributed by atoms with Crippen LogP contribution in [0.1, 0.15) is 54.0 Å². The molecule has 0 radical (unpaired) electrons. The summed E-state index contributed by atoms with van der Waals surface area (Å²) < 4.78 is 17.2. The van der Waals surface area contributed by atoms with Crippen LogP contribution in [0.25, 0.3) is 0 Å². The molecule has 0 bridgehead atoms. The monoisotopic (exact) mass is 320 g/mol. The fraction of sp³-hybridized carbons (Fsp3) is 0.588. The second-order valence-electron chi connectivity index (χ2n) is 7.92. The van der Waals surface area contributed by atoms with Crippen molar-refractivity contribution in [1.29, 1.82) is 0 Å². The van der Waals surface area contributed by atoms with Crippen molar-refractivity contribution >= 4 is 18.7 Å². The molecule has 23 heavy (non-hydrogen) atoms. The lowest BCUT2D eigenvalue weighted by molar-refractivity contribution is 0.00578. The highest BCUT2D eigenvalue weighted by atomic mass is 16.7. The molecule has 1 N–H and O–H groups in total. The minimum absolute atomic E-state index is 0.212. The summed E-state index contributed by atoms with van der Waals surface area (Å²) in [4.78, 5) is 11.0. The Bertz CT molecular complexity index is 600. The summed E-state index contributed by atoms with van der Waals surface area (Å²) in [5, 5.41) is 9.03. The molecule has 1 aromatic rings. The van der Waals surface area contributed by atoms with Crippen molar-refractivity contribution in [3.05, 3.63) is 23.8 Å². The van der Waals surface area contributed by atoms with E-state index < -0.39 is 24.5 Å². The molecule has 126 valence electrons. The van der Waals surface area contributed by atoms with Crippen LogP contribution in [0.5, 0.6) is 5.75 Å². The van der Waals surface area contributed by atoms with Crippen LogP contribution in [0.4, 0.5) is 4.79 Å². The van der Waals surface area contributed by atoms with Crippen molar-refractivity contribution in [1.82, 2.24) is 0 Å². The number of benzene rings is 1. The van der Waals surface area contributed by atoms with Crippen molar-refractivity contribution in [2.45, 2.75) is 65.1 Å². The lowest BCUT2D eigenvalue weighted by atomic mass is 9.69. The lowest BCUT2D eigenvalue weighted by Gasteiger charge is -2.32. The van der Waals surface area contributed by atoms with Gasteiger partial charge in [0.05, 0.1) is 11.2 Å². The lowest BCUT2D eigenvalue weighted by Crippen LogP contribution is -2.41. The number of ether oxygens (including phenoxy) is 1. The molecule has 0 spiro atoms. The van der Waals surface area contributed by atoms with E-state index in [2.05, 4.69) is 20.8 Å². The maximum absolute atomic E-state index is 11.0. The number of carbonyl (C=O) groups is 1. The van der Waals surface area contributed by atoms with Gasteiger partial charge in [0.15, 0.2) is 0 Å². The Labute approximate surface area is 138 Å². The van der Waals surface area contributed by atoms with Crippen LogP contribution in [-0.2, 0) is 14.7 Å². The van der Waals surface area contributed by atoms with Crippen LogP contribution in [0.15, 0.2) is 18.2 Å². The fourth-order valence-electron chi connectivity index (χ4n) is 2.59. The average molecular weight is 320 g/mol.